The standard InChI is InChI=1S/C11H10BrF4NO/c12-8-3-1-7(9(13)5-8)2-4-10(18)17-6-11(14,15)16/h1,3,5H,2,4,6H2,(H,17,18). The summed E-state index contributed by atoms with van der Waals surface area (Å²) in [6.45, 7) is -1.37. The van der Waals surface area contributed by atoms with Gasteiger partial charge in [0.25, 0.3) is 0 Å². The summed E-state index contributed by atoms with van der Waals surface area (Å²) in [5, 5.41) is 1.73. The SMILES string of the molecule is O=C(CCc1ccc(Br)cc1F)NCC(F)(F)F. The molecule has 1 aromatic rings. The highest BCUT2D eigenvalue weighted by Gasteiger charge is 2.27. The van der Waals surface area contributed by atoms with Crippen molar-refractivity contribution in [3.05, 3.63) is 34.1 Å². The normalized spacial score (nSPS) is 11.4. The molecule has 1 amide bonds. The molecule has 0 aromatic heterocycles. The molecule has 0 radical (unpaired) electrons. The van der Waals surface area contributed by atoms with Crippen LogP contribution in [0.3, 0.4) is 0 Å². The number of rotatable bonds is 4. The first-order valence-electron chi connectivity index (χ1n) is 5.05. The lowest BCUT2D eigenvalue weighted by atomic mass is 10.1. The minimum atomic E-state index is -4.43. The molecule has 0 aliphatic heterocycles. The fraction of sp³-hybridized carbons (Fsp3) is 0.364. The minimum absolute atomic E-state index is 0.0583. The maximum atomic E-state index is 13.3. The van der Waals surface area contributed by atoms with Crippen molar-refractivity contribution in [2.75, 3.05) is 6.54 Å². The third-order valence-corrected chi connectivity index (χ3v) is 2.62. The Morgan fingerprint density at radius 2 is 2.00 bits per heavy atom. The number of alkyl halides is 3. The van der Waals surface area contributed by atoms with Crippen LogP contribution in [0, 0.1) is 5.82 Å². The fourth-order valence-electron chi connectivity index (χ4n) is 1.26. The zero-order chi connectivity index (χ0) is 13.8. The lowest BCUT2D eigenvalue weighted by Crippen LogP contribution is -2.33. The molecule has 0 aliphatic carbocycles. The van der Waals surface area contributed by atoms with Crippen molar-refractivity contribution < 1.29 is 22.4 Å². The summed E-state index contributed by atoms with van der Waals surface area (Å²) < 4.78 is 49.3. The number of carbonyl (C=O) groups excluding carboxylic acids is 1. The Morgan fingerprint density at radius 1 is 1.33 bits per heavy atom. The second kappa shape index (κ2) is 6.17. The molecule has 0 fully saturated rings. The minimum Gasteiger partial charge on any atom is -0.347 e. The second-order valence-corrected chi connectivity index (χ2v) is 4.54. The van der Waals surface area contributed by atoms with Crippen molar-refractivity contribution >= 4 is 21.8 Å². The maximum Gasteiger partial charge on any atom is 0.405 e. The van der Waals surface area contributed by atoms with E-state index in [9.17, 15) is 22.4 Å². The summed E-state index contributed by atoms with van der Waals surface area (Å²) in [5.41, 5.74) is 0.292. The van der Waals surface area contributed by atoms with Gasteiger partial charge in [0, 0.05) is 10.9 Å². The van der Waals surface area contributed by atoms with Crippen molar-refractivity contribution in [1.29, 1.82) is 0 Å². The van der Waals surface area contributed by atoms with Gasteiger partial charge < -0.3 is 5.32 Å². The van der Waals surface area contributed by atoms with Crippen molar-refractivity contribution in [3.8, 4) is 0 Å². The molecule has 0 saturated carbocycles. The number of hydrogen-bond donors (Lipinski definition) is 1. The van der Waals surface area contributed by atoms with Crippen LogP contribution >= 0.6 is 15.9 Å². The number of amides is 1. The summed E-state index contributed by atoms with van der Waals surface area (Å²) in [6.07, 6.45) is -4.56. The molecule has 0 heterocycles. The third kappa shape index (κ3) is 5.48. The number of benzene rings is 1. The van der Waals surface area contributed by atoms with E-state index in [1.54, 1.807) is 11.4 Å². The van der Waals surface area contributed by atoms with Gasteiger partial charge in [-0.05, 0) is 24.1 Å². The molecule has 0 aliphatic rings. The zero-order valence-electron chi connectivity index (χ0n) is 9.15. The van der Waals surface area contributed by atoms with Crippen molar-refractivity contribution in [3.63, 3.8) is 0 Å². The average molecular weight is 328 g/mol. The quantitative estimate of drug-likeness (QED) is 0.845. The molecule has 0 atom stereocenters. The molecule has 18 heavy (non-hydrogen) atoms. The third-order valence-electron chi connectivity index (χ3n) is 2.12. The van der Waals surface area contributed by atoms with Crippen LogP contribution in [0.25, 0.3) is 0 Å². The highest BCUT2D eigenvalue weighted by Crippen LogP contribution is 2.16. The fourth-order valence-corrected chi connectivity index (χ4v) is 1.59. The predicted octanol–water partition coefficient (Wildman–Crippen LogP) is 3.20. The van der Waals surface area contributed by atoms with Crippen LogP contribution in [0.4, 0.5) is 17.6 Å². The van der Waals surface area contributed by atoms with Gasteiger partial charge in [-0.2, -0.15) is 13.2 Å². The van der Waals surface area contributed by atoms with Gasteiger partial charge in [0.15, 0.2) is 0 Å². The number of carbonyl (C=O) groups is 1. The van der Waals surface area contributed by atoms with Gasteiger partial charge in [0.1, 0.15) is 12.4 Å². The molecule has 0 saturated heterocycles. The van der Waals surface area contributed by atoms with E-state index in [-0.39, 0.29) is 12.8 Å². The van der Waals surface area contributed by atoms with Gasteiger partial charge in [0.05, 0.1) is 0 Å². The smallest absolute Gasteiger partial charge is 0.347 e. The molecule has 1 rings (SSSR count). The summed E-state index contributed by atoms with van der Waals surface area (Å²) in [7, 11) is 0. The monoisotopic (exact) mass is 327 g/mol. The predicted molar refractivity (Wildman–Crippen MR) is 61.5 cm³/mol. The molecular formula is C11H10BrF4NO. The Bertz CT molecular complexity index is 434. The molecule has 1 aromatic carbocycles. The van der Waals surface area contributed by atoms with Crippen LogP contribution in [0.5, 0.6) is 0 Å². The van der Waals surface area contributed by atoms with Gasteiger partial charge in [-0.15, -0.1) is 0 Å². The van der Waals surface area contributed by atoms with E-state index in [1.165, 1.54) is 12.1 Å². The molecule has 7 heteroatoms. The van der Waals surface area contributed by atoms with E-state index in [0.29, 0.717) is 10.0 Å². The summed E-state index contributed by atoms with van der Waals surface area (Å²) in [6, 6.07) is 4.32. The Labute approximate surface area is 109 Å². The zero-order valence-corrected chi connectivity index (χ0v) is 10.7. The number of halogens is 5. The van der Waals surface area contributed by atoms with Gasteiger partial charge in [-0.1, -0.05) is 22.0 Å². The highest BCUT2D eigenvalue weighted by atomic mass is 79.9. The van der Waals surface area contributed by atoms with Crippen LogP contribution in [-0.2, 0) is 11.2 Å². The molecule has 2 nitrogen and oxygen atoms in total. The van der Waals surface area contributed by atoms with Crippen LogP contribution in [0.1, 0.15) is 12.0 Å². The van der Waals surface area contributed by atoms with Crippen molar-refractivity contribution in [1.82, 2.24) is 5.32 Å². The van der Waals surface area contributed by atoms with Gasteiger partial charge in [-0.25, -0.2) is 4.39 Å². The maximum absolute atomic E-state index is 13.3. The van der Waals surface area contributed by atoms with Crippen LogP contribution in [0.15, 0.2) is 22.7 Å². The first kappa shape index (κ1) is 14.9. The van der Waals surface area contributed by atoms with Crippen LogP contribution < -0.4 is 5.32 Å². The lowest BCUT2D eigenvalue weighted by molar-refractivity contribution is -0.138. The van der Waals surface area contributed by atoms with Gasteiger partial charge >= 0.3 is 6.18 Å². The molecule has 1 N–H and O–H groups in total. The van der Waals surface area contributed by atoms with Crippen molar-refractivity contribution in [2.45, 2.75) is 19.0 Å². The van der Waals surface area contributed by atoms with E-state index in [0.717, 1.165) is 0 Å². The van der Waals surface area contributed by atoms with E-state index in [2.05, 4.69) is 15.9 Å². The molecule has 0 bridgehead atoms. The average Bonchev–Trinajstić information content (AvgIpc) is 2.24. The van der Waals surface area contributed by atoms with Crippen LogP contribution in [0.2, 0.25) is 0 Å². The lowest BCUT2D eigenvalue weighted by Gasteiger charge is -2.08. The van der Waals surface area contributed by atoms with E-state index < -0.39 is 24.4 Å². The number of hydrogen-bond acceptors (Lipinski definition) is 1. The van der Waals surface area contributed by atoms with Crippen LogP contribution in [-0.4, -0.2) is 18.6 Å². The first-order chi connectivity index (χ1) is 8.28. The van der Waals surface area contributed by atoms with E-state index >= 15 is 0 Å². The Balaban J connectivity index is 2.43. The van der Waals surface area contributed by atoms with E-state index in [1.807, 2.05) is 0 Å². The van der Waals surface area contributed by atoms with Crippen molar-refractivity contribution in [2.24, 2.45) is 0 Å². The molecule has 100 valence electrons. The number of nitrogens with one attached hydrogen (secondary N) is 1. The van der Waals surface area contributed by atoms with Gasteiger partial charge in [0.2, 0.25) is 5.91 Å². The summed E-state index contributed by atoms with van der Waals surface area (Å²) in [4.78, 5) is 11.1. The second-order valence-electron chi connectivity index (χ2n) is 3.63. The highest BCUT2D eigenvalue weighted by molar-refractivity contribution is 9.10. The number of aryl methyl sites for hydroxylation is 1. The Morgan fingerprint density at radius 3 is 2.56 bits per heavy atom. The Hall–Kier alpha value is -1.11. The largest absolute Gasteiger partial charge is 0.405 e. The first-order valence-corrected chi connectivity index (χ1v) is 5.84. The molecule has 0 spiro atoms. The Kier molecular flexibility index (Phi) is 5.13. The summed E-state index contributed by atoms with van der Waals surface area (Å²) in [5.74, 6) is -1.25. The van der Waals surface area contributed by atoms with Gasteiger partial charge in [-0.3, -0.25) is 4.79 Å². The topological polar surface area (TPSA) is 29.1 Å². The summed E-state index contributed by atoms with van der Waals surface area (Å²) >= 11 is 3.08. The molecule has 0 unspecified atom stereocenters. The molecular weight excluding hydrogens is 318 g/mol. The van der Waals surface area contributed by atoms with E-state index in [4.69, 9.17) is 0 Å².